The Morgan fingerprint density at radius 2 is 1.16 bits per heavy atom. The summed E-state index contributed by atoms with van der Waals surface area (Å²) in [5, 5.41) is 2.33. The van der Waals surface area contributed by atoms with Gasteiger partial charge in [0.05, 0.1) is 0 Å². The molecule has 2 heterocycles. The number of hydrogen-bond donors (Lipinski definition) is 0. The van der Waals surface area contributed by atoms with Crippen LogP contribution in [0.3, 0.4) is 0 Å². The summed E-state index contributed by atoms with van der Waals surface area (Å²) in [4.78, 5) is 19.5. The highest BCUT2D eigenvalue weighted by molar-refractivity contribution is 6.05. The lowest BCUT2D eigenvalue weighted by atomic mass is 9.94. The Morgan fingerprint density at radius 1 is 0.531 bits per heavy atom. The molecule has 0 aliphatic carbocycles. The molecule has 0 fully saturated rings. The van der Waals surface area contributed by atoms with E-state index in [-0.39, 0.29) is 0 Å². The molecule has 0 aliphatic heterocycles. The van der Waals surface area contributed by atoms with Crippen LogP contribution in [-0.4, -0.2) is 19.9 Å². The van der Waals surface area contributed by atoms with Crippen LogP contribution in [0.1, 0.15) is 5.82 Å². The third-order valence-corrected chi connectivity index (χ3v) is 8.51. The maximum atomic E-state index is 6.45. The quantitative estimate of drug-likeness (QED) is 0.156. The van der Waals surface area contributed by atoms with Crippen molar-refractivity contribution in [2.24, 2.45) is 0 Å². The van der Waals surface area contributed by atoms with E-state index in [4.69, 9.17) is 24.4 Å². The molecule has 8 rings (SSSR count). The highest BCUT2D eigenvalue weighted by atomic mass is 16.3. The zero-order valence-electron chi connectivity index (χ0n) is 26.6. The van der Waals surface area contributed by atoms with Crippen LogP contribution in [0.25, 0.3) is 83.9 Å². The largest absolute Gasteiger partial charge is 0.436 e. The number of nitrogens with zero attached hydrogens (tertiary/aromatic N) is 4. The number of benzene rings is 6. The zero-order chi connectivity index (χ0) is 33.2. The van der Waals surface area contributed by atoms with Crippen LogP contribution in [0.4, 0.5) is 0 Å². The average Bonchev–Trinajstić information content (AvgIpc) is 3.62. The lowest BCUT2D eigenvalue weighted by molar-refractivity contribution is 0.620. The molecule has 8 aromatic rings. The van der Waals surface area contributed by atoms with Gasteiger partial charge in [-0.1, -0.05) is 147 Å². The number of aromatic nitrogens is 4. The van der Waals surface area contributed by atoms with Gasteiger partial charge in [0.2, 0.25) is 5.89 Å². The van der Waals surface area contributed by atoms with Crippen LogP contribution >= 0.6 is 0 Å². The van der Waals surface area contributed by atoms with Gasteiger partial charge in [0.25, 0.3) is 0 Å². The Bertz CT molecular complexity index is 2510. The average molecular weight is 631 g/mol. The van der Waals surface area contributed by atoms with Crippen LogP contribution in [-0.2, 0) is 0 Å². The van der Waals surface area contributed by atoms with Crippen molar-refractivity contribution >= 4 is 27.4 Å². The monoisotopic (exact) mass is 630 g/mol. The summed E-state index contributed by atoms with van der Waals surface area (Å²) in [6.45, 7) is 7.81. The van der Waals surface area contributed by atoms with Gasteiger partial charge in [0, 0.05) is 27.8 Å². The summed E-state index contributed by atoms with van der Waals surface area (Å²) in [5.41, 5.74) is 9.19. The maximum Gasteiger partial charge on any atom is 0.227 e. The Labute approximate surface area is 284 Å². The Morgan fingerprint density at radius 3 is 1.88 bits per heavy atom. The van der Waals surface area contributed by atoms with Gasteiger partial charge in [-0.25, -0.2) is 19.9 Å². The molecule has 5 nitrogen and oxygen atoms in total. The molecule has 2 aromatic heterocycles. The fourth-order valence-electron chi connectivity index (χ4n) is 6.09. The number of hydrogen-bond acceptors (Lipinski definition) is 5. The summed E-state index contributed by atoms with van der Waals surface area (Å²) >= 11 is 0. The van der Waals surface area contributed by atoms with Crippen molar-refractivity contribution in [1.29, 1.82) is 0 Å². The van der Waals surface area contributed by atoms with Gasteiger partial charge in [0.15, 0.2) is 23.1 Å². The zero-order valence-corrected chi connectivity index (χ0v) is 26.6. The fraction of sp³-hybridized carbons (Fsp3) is 0. The molecule has 5 heteroatoms. The number of allylic oxidation sites excluding steroid dienone is 4. The van der Waals surface area contributed by atoms with E-state index >= 15 is 0 Å². The Kier molecular flexibility index (Phi) is 7.76. The topological polar surface area (TPSA) is 64.7 Å². The van der Waals surface area contributed by atoms with E-state index in [9.17, 15) is 0 Å². The molecule has 0 radical (unpaired) electrons. The van der Waals surface area contributed by atoms with Crippen molar-refractivity contribution in [3.05, 3.63) is 177 Å². The van der Waals surface area contributed by atoms with Gasteiger partial charge in [-0.05, 0) is 51.7 Å². The first-order valence-electron chi connectivity index (χ1n) is 16.0. The molecule has 0 N–H and O–H groups in total. The maximum absolute atomic E-state index is 6.45. The van der Waals surface area contributed by atoms with E-state index in [0.717, 1.165) is 61.0 Å². The van der Waals surface area contributed by atoms with Crippen LogP contribution in [0.5, 0.6) is 0 Å². The van der Waals surface area contributed by atoms with Gasteiger partial charge in [-0.3, -0.25) is 0 Å². The minimum Gasteiger partial charge on any atom is -0.436 e. The van der Waals surface area contributed by atoms with E-state index in [2.05, 4.69) is 79.9 Å². The first-order valence-corrected chi connectivity index (χ1v) is 16.0. The fourth-order valence-corrected chi connectivity index (χ4v) is 6.09. The third kappa shape index (κ3) is 5.75. The Balaban J connectivity index is 1.26. The molecule has 0 saturated carbocycles. The standard InChI is InChI=1S/C44H30N4O/c1-3-14-29(4-2)41-46-42(32-16-7-5-8-17-32)48-43(47-41)33-25-23-30(24-26-33)35-27-38(37-22-13-20-31-15-11-12-21-36(31)37)40-39(28-35)49-44(45-40)34-18-9-6-10-19-34/h3-28H,1-2H2/b29-14+. The summed E-state index contributed by atoms with van der Waals surface area (Å²) in [6, 6.07) is 47.3. The van der Waals surface area contributed by atoms with E-state index in [0.29, 0.717) is 23.4 Å². The first kappa shape index (κ1) is 29.7. The second-order valence-electron chi connectivity index (χ2n) is 11.6. The minimum absolute atomic E-state index is 0.535. The molecule has 0 bridgehead atoms. The van der Waals surface area contributed by atoms with Gasteiger partial charge < -0.3 is 4.42 Å². The van der Waals surface area contributed by atoms with Crippen LogP contribution in [0.2, 0.25) is 0 Å². The molecular formula is C44H30N4O. The molecule has 0 atom stereocenters. The van der Waals surface area contributed by atoms with E-state index in [1.54, 1.807) is 12.2 Å². The van der Waals surface area contributed by atoms with Crippen LogP contribution in [0, 0.1) is 0 Å². The summed E-state index contributed by atoms with van der Waals surface area (Å²) in [5.74, 6) is 2.29. The lowest BCUT2D eigenvalue weighted by Crippen LogP contribution is -2.02. The van der Waals surface area contributed by atoms with Gasteiger partial charge >= 0.3 is 0 Å². The van der Waals surface area contributed by atoms with Crippen molar-refractivity contribution in [1.82, 2.24) is 19.9 Å². The number of rotatable bonds is 8. The van der Waals surface area contributed by atoms with Crippen molar-refractivity contribution in [3.8, 4) is 56.5 Å². The second-order valence-corrected chi connectivity index (χ2v) is 11.6. The van der Waals surface area contributed by atoms with Gasteiger partial charge in [0.1, 0.15) is 5.52 Å². The molecular weight excluding hydrogens is 601 g/mol. The summed E-state index contributed by atoms with van der Waals surface area (Å²) < 4.78 is 6.45. The van der Waals surface area contributed by atoms with Crippen molar-refractivity contribution in [3.63, 3.8) is 0 Å². The first-order chi connectivity index (χ1) is 24.2. The van der Waals surface area contributed by atoms with Gasteiger partial charge in [-0.15, -0.1) is 0 Å². The van der Waals surface area contributed by atoms with Crippen molar-refractivity contribution < 1.29 is 4.42 Å². The van der Waals surface area contributed by atoms with Gasteiger partial charge in [-0.2, -0.15) is 0 Å². The molecule has 6 aromatic carbocycles. The van der Waals surface area contributed by atoms with Crippen LogP contribution < -0.4 is 0 Å². The molecule has 0 spiro atoms. The van der Waals surface area contributed by atoms with E-state index < -0.39 is 0 Å². The SMILES string of the molecule is C=C/C=C(\C=C)c1nc(-c2ccccc2)nc(-c2ccc(-c3cc(-c4cccc5ccccc45)c4nc(-c5ccccc5)oc4c3)cc2)n1. The third-order valence-electron chi connectivity index (χ3n) is 8.51. The molecule has 0 unspecified atom stereocenters. The molecule has 0 saturated heterocycles. The van der Waals surface area contributed by atoms with E-state index in [1.165, 1.54) is 5.39 Å². The Hall–Kier alpha value is -6.72. The van der Waals surface area contributed by atoms with E-state index in [1.807, 2.05) is 78.9 Å². The number of oxazole rings is 1. The highest BCUT2D eigenvalue weighted by Gasteiger charge is 2.18. The number of fused-ring (bicyclic) bond motifs is 2. The van der Waals surface area contributed by atoms with Crippen molar-refractivity contribution in [2.45, 2.75) is 0 Å². The van der Waals surface area contributed by atoms with Crippen LogP contribution in [0.15, 0.2) is 175 Å². The van der Waals surface area contributed by atoms with Crippen molar-refractivity contribution in [2.75, 3.05) is 0 Å². The molecule has 0 amide bonds. The predicted octanol–water partition coefficient (Wildman–Crippen LogP) is 11.3. The molecule has 232 valence electrons. The molecule has 49 heavy (non-hydrogen) atoms. The smallest absolute Gasteiger partial charge is 0.227 e. The summed E-state index contributed by atoms with van der Waals surface area (Å²) in [7, 11) is 0. The normalized spacial score (nSPS) is 11.6. The lowest BCUT2D eigenvalue weighted by Gasteiger charge is -2.11. The highest BCUT2D eigenvalue weighted by Crippen LogP contribution is 2.39. The predicted molar refractivity (Wildman–Crippen MR) is 200 cm³/mol. The molecule has 0 aliphatic rings. The minimum atomic E-state index is 0.535. The second kappa shape index (κ2) is 12.8. The summed E-state index contributed by atoms with van der Waals surface area (Å²) in [6.07, 6.45) is 5.29.